The molecule has 4 nitrogen and oxygen atoms in total. The van der Waals surface area contributed by atoms with Crippen LogP contribution in [-0.2, 0) is 0 Å². The van der Waals surface area contributed by atoms with Gasteiger partial charge in [0.15, 0.2) is 16.7 Å². The third-order valence-electron chi connectivity index (χ3n) is 2.83. The molecule has 0 saturated carbocycles. The lowest BCUT2D eigenvalue weighted by atomic mass is 10.3. The molecule has 0 saturated heterocycles. The fourth-order valence-corrected chi connectivity index (χ4v) is 2.07. The normalized spacial score (nSPS) is 9.95. The Balaban J connectivity index is 1.96. The van der Waals surface area contributed by atoms with Crippen LogP contribution in [0.3, 0.4) is 0 Å². The summed E-state index contributed by atoms with van der Waals surface area (Å²) in [4.78, 5) is 0. The SMILES string of the molecule is CCOc1ccc(NC(=S)Nc2ccc(OC)c(F)c2)cc1. The summed E-state index contributed by atoms with van der Waals surface area (Å²) in [5.74, 6) is 0.538. The van der Waals surface area contributed by atoms with E-state index < -0.39 is 5.82 Å². The van der Waals surface area contributed by atoms with E-state index in [-0.39, 0.29) is 5.75 Å². The minimum absolute atomic E-state index is 0.191. The first-order valence-electron chi connectivity index (χ1n) is 6.76. The van der Waals surface area contributed by atoms with Crippen molar-refractivity contribution in [2.24, 2.45) is 0 Å². The summed E-state index contributed by atoms with van der Waals surface area (Å²) >= 11 is 5.20. The van der Waals surface area contributed by atoms with Crippen molar-refractivity contribution >= 4 is 28.7 Å². The van der Waals surface area contributed by atoms with Gasteiger partial charge in [-0.3, -0.25) is 0 Å². The highest BCUT2D eigenvalue weighted by Crippen LogP contribution is 2.21. The van der Waals surface area contributed by atoms with E-state index in [9.17, 15) is 4.39 Å². The van der Waals surface area contributed by atoms with Gasteiger partial charge in [0.05, 0.1) is 13.7 Å². The zero-order chi connectivity index (χ0) is 15.9. The molecule has 0 aromatic heterocycles. The molecule has 0 aliphatic rings. The van der Waals surface area contributed by atoms with Crippen LogP contribution in [0.25, 0.3) is 0 Å². The Kier molecular flexibility index (Phi) is 5.55. The second-order valence-corrected chi connectivity index (χ2v) is 4.79. The summed E-state index contributed by atoms with van der Waals surface area (Å²) in [6, 6.07) is 12.0. The van der Waals surface area contributed by atoms with Gasteiger partial charge in [-0.05, 0) is 55.5 Å². The lowest BCUT2D eigenvalue weighted by Gasteiger charge is -2.12. The van der Waals surface area contributed by atoms with Crippen molar-refractivity contribution in [3.05, 3.63) is 48.3 Å². The number of thiocarbonyl (C=S) groups is 1. The first-order chi connectivity index (χ1) is 10.6. The fraction of sp³-hybridized carbons (Fsp3) is 0.188. The van der Waals surface area contributed by atoms with Gasteiger partial charge in [-0.15, -0.1) is 0 Å². The monoisotopic (exact) mass is 320 g/mol. The summed E-state index contributed by atoms with van der Waals surface area (Å²) in [6.07, 6.45) is 0. The number of hydrogen-bond donors (Lipinski definition) is 2. The first kappa shape index (κ1) is 16.0. The summed E-state index contributed by atoms with van der Waals surface area (Å²) in [5, 5.41) is 6.30. The molecule has 22 heavy (non-hydrogen) atoms. The smallest absolute Gasteiger partial charge is 0.175 e. The lowest BCUT2D eigenvalue weighted by Crippen LogP contribution is -2.19. The van der Waals surface area contributed by atoms with Gasteiger partial charge in [0.2, 0.25) is 0 Å². The molecule has 0 aliphatic carbocycles. The number of anilines is 2. The Bertz CT molecular complexity index is 647. The molecule has 2 aromatic carbocycles. The molecule has 0 aliphatic heterocycles. The zero-order valence-electron chi connectivity index (χ0n) is 12.4. The molecular formula is C16H17FN2O2S. The Morgan fingerprint density at radius 1 is 1.09 bits per heavy atom. The van der Waals surface area contributed by atoms with Crippen molar-refractivity contribution in [1.82, 2.24) is 0 Å². The third-order valence-corrected chi connectivity index (χ3v) is 3.04. The maximum atomic E-state index is 13.6. The van der Waals surface area contributed by atoms with E-state index in [1.807, 2.05) is 31.2 Å². The molecule has 2 N–H and O–H groups in total. The molecule has 0 unspecified atom stereocenters. The van der Waals surface area contributed by atoms with Gasteiger partial charge in [0.1, 0.15) is 5.75 Å². The predicted molar refractivity (Wildman–Crippen MR) is 90.4 cm³/mol. The van der Waals surface area contributed by atoms with Crippen LogP contribution in [0, 0.1) is 5.82 Å². The molecule has 2 rings (SSSR count). The van der Waals surface area contributed by atoms with Crippen LogP contribution in [-0.4, -0.2) is 18.8 Å². The molecule has 6 heteroatoms. The average molecular weight is 320 g/mol. The standard InChI is InChI=1S/C16H17FN2O2S/c1-3-21-13-7-4-11(5-8-13)18-16(22)19-12-6-9-15(20-2)14(17)10-12/h4-10H,3H2,1-2H3,(H2,18,19,22). The highest BCUT2D eigenvalue weighted by Gasteiger charge is 2.05. The Morgan fingerprint density at radius 3 is 2.32 bits per heavy atom. The van der Waals surface area contributed by atoms with Crippen LogP contribution in [0.2, 0.25) is 0 Å². The van der Waals surface area contributed by atoms with Gasteiger partial charge in [-0.25, -0.2) is 4.39 Å². The van der Waals surface area contributed by atoms with E-state index in [1.165, 1.54) is 19.2 Å². The van der Waals surface area contributed by atoms with Crippen LogP contribution < -0.4 is 20.1 Å². The fourth-order valence-electron chi connectivity index (χ4n) is 1.84. The number of methoxy groups -OCH3 is 1. The second kappa shape index (κ2) is 7.61. The molecule has 116 valence electrons. The van der Waals surface area contributed by atoms with Crippen molar-refractivity contribution < 1.29 is 13.9 Å². The molecular weight excluding hydrogens is 303 g/mol. The van der Waals surface area contributed by atoms with E-state index in [0.717, 1.165) is 11.4 Å². The molecule has 0 amide bonds. The molecule has 0 atom stereocenters. The van der Waals surface area contributed by atoms with Crippen molar-refractivity contribution in [2.45, 2.75) is 6.92 Å². The third kappa shape index (κ3) is 4.33. The summed E-state index contributed by atoms with van der Waals surface area (Å²) in [7, 11) is 1.42. The maximum Gasteiger partial charge on any atom is 0.175 e. The van der Waals surface area contributed by atoms with E-state index in [1.54, 1.807) is 6.07 Å². The minimum Gasteiger partial charge on any atom is -0.494 e. The largest absolute Gasteiger partial charge is 0.494 e. The molecule has 0 radical (unpaired) electrons. The van der Waals surface area contributed by atoms with Gasteiger partial charge < -0.3 is 20.1 Å². The van der Waals surface area contributed by atoms with Crippen LogP contribution >= 0.6 is 12.2 Å². The Hall–Kier alpha value is -2.34. The van der Waals surface area contributed by atoms with Crippen molar-refractivity contribution in [3.63, 3.8) is 0 Å². The molecule has 0 bridgehead atoms. The maximum absolute atomic E-state index is 13.6. The number of hydrogen-bond acceptors (Lipinski definition) is 3. The van der Waals surface area contributed by atoms with Gasteiger partial charge in [0.25, 0.3) is 0 Å². The first-order valence-corrected chi connectivity index (χ1v) is 7.17. The predicted octanol–water partition coefficient (Wildman–Crippen LogP) is 4.04. The number of ether oxygens (including phenoxy) is 2. The summed E-state index contributed by atoms with van der Waals surface area (Å²) < 4.78 is 23.8. The highest BCUT2D eigenvalue weighted by atomic mass is 32.1. The summed E-state index contributed by atoms with van der Waals surface area (Å²) in [6.45, 7) is 2.55. The van der Waals surface area contributed by atoms with E-state index in [4.69, 9.17) is 21.7 Å². The van der Waals surface area contributed by atoms with Crippen molar-refractivity contribution in [1.29, 1.82) is 0 Å². The van der Waals surface area contributed by atoms with Crippen LogP contribution in [0.5, 0.6) is 11.5 Å². The Morgan fingerprint density at radius 2 is 1.73 bits per heavy atom. The second-order valence-electron chi connectivity index (χ2n) is 4.39. The van der Waals surface area contributed by atoms with Gasteiger partial charge in [0, 0.05) is 17.4 Å². The highest BCUT2D eigenvalue weighted by molar-refractivity contribution is 7.80. The average Bonchev–Trinajstić information content (AvgIpc) is 2.50. The molecule has 0 fully saturated rings. The number of benzene rings is 2. The van der Waals surface area contributed by atoms with Gasteiger partial charge >= 0.3 is 0 Å². The zero-order valence-corrected chi connectivity index (χ0v) is 13.2. The lowest BCUT2D eigenvalue weighted by molar-refractivity contribution is 0.340. The van der Waals surface area contributed by atoms with E-state index >= 15 is 0 Å². The van der Waals surface area contributed by atoms with Crippen LogP contribution in [0.1, 0.15) is 6.92 Å². The molecule has 2 aromatic rings. The van der Waals surface area contributed by atoms with E-state index in [0.29, 0.717) is 17.4 Å². The van der Waals surface area contributed by atoms with E-state index in [2.05, 4.69) is 10.6 Å². The van der Waals surface area contributed by atoms with Crippen LogP contribution in [0.15, 0.2) is 42.5 Å². The number of rotatable bonds is 5. The summed E-state index contributed by atoms with van der Waals surface area (Å²) in [5.41, 5.74) is 1.36. The molecule has 0 spiro atoms. The quantitative estimate of drug-likeness (QED) is 0.814. The Labute approximate surface area is 134 Å². The number of halogens is 1. The van der Waals surface area contributed by atoms with Crippen molar-refractivity contribution in [3.8, 4) is 11.5 Å². The van der Waals surface area contributed by atoms with Crippen LogP contribution in [0.4, 0.5) is 15.8 Å². The van der Waals surface area contributed by atoms with Gasteiger partial charge in [-0.2, -0.15) is 0 Å². The molecule has 0 heterocycles. The minimum atomic E-state index is -0.448. The number of nitrogens with one attached hydrogen (secondary N) is 2. The topological polar surface area (TPSA) is 42.5 Å². The van der Waals surface area contributed by atoms with Crippen molar-refractivity contribution in [2.75, 3.05) is 24.4 Å². The van der Waals surface area contributed by atoms with Gasteiger partial charge in [-0.1, -0.05) is 0 Å².